The van der Waals surface area contributed by atoms with Crippen LogP contribution < -0.4 is 5.32 Å². The summed E-state index contributed by atoms with van der Waals surface area (Å²) in [5.41, 5.74) is 3.40. The molecule has 1 heterocycles. The Morgan fingerprint density at radius 2 is 1.45 bits per heavy atom. The number of ether oxygens (including phenoxy) is 1. The highest BCUT2D eigenvalue weighted by atomic mass is 16.5. The Balaban J connectivity index is 1.54. The number of nitrogens with zero attached hydrogens (tertiary/aromatic N) is 1. The number of carbonyl (C=O) groups excluding carboxylic acids is 1. The number of aromatic hydroxyl groups is 2. The van der Waals surface area contributed by atoms with E-state index in [-0.39, 0.29) is 23.3 Å². The molecule has 172 valence electrons. The summed E-state index contributed by atoms with van der Waals surface area (Å²) in [5, 5.41) is 22.6. The summed E-state index contributed by atoms with van der Waals surface area (Å²) in [5.74, 6) is 0.0561. The smallest absolute Gasteiger partial charge is 0.251 e. The van der Waals surface area contributed by atoms with E-state index in [1.54, 1.807) is 24.3 Å². The van der Waals surface area contributed by atoms with Crippen LogP contribution in [0.3, 0.4) is 0 Å². The van der Waals surface area contributed by atoms with Gasteiger partial charge in [-0.1, -0.05) is 42.5 Å². The number of benzene rings is 3. The average molecular weight is 447 g/mol. The van der Waals surface area contributed by atoms with Crippen LogP contribution in [0.2, 0.25) is 0 Å². The summed E-state index contributed by atoms with van der Waals surface area (Å²) in [4.78, 5) is 15.5. The highest BCUT2D eigenvalue weighted by Crippen LogP contribution is 2.35. The van der Waals surface area contributed by atoms with Crippen molar-refractivity contribution in [1.82, 2.24) is 10.2 Å². The van der Waals surface area contributed by atoms with Gasteiger partial charge in [0.25, 0.3) is 5.91 Å². The first-order chi connectivity index (χ1) is 16.1. The van der Waals surface area contributed by atoms with Crippen LogP contribution in [0, 0.1) is 0 Å². The van der Waals surface area contributed by atoms with E-state index in [4.69, 9.17) is 4.74 Å². The van der Waals surface area contributed by atoms with Gasteiger partial charge in [-0.25, -0.2) is 0 Å². The number of phenols is 2. The van der Waals surface area contributed by atoms with Gasteiger partial charge in [-0.15, -0.1) is 0 Å². The van der Waals surface area contributed by atoms with E-state index in [0.717, 1.165) is 56.0 Å². The predicted molar refractivity (Wildman–Crippen MR) is 128 cm³/mol. The molecule has 3 aromatic carbocycles. The van der Waals surface area contributed by atoms with Gasteiger partial charge < -0.3 is 20.3 Å². The molecule has 0 spiro atoms. The van der Waals surface area contributed by atoms with Crippen LogP contribution in [-0.4, -0.2) is 60.4 Å². The SMILES string of the molecule is O=C(NCCCN1CCOCC1)c1ccccc1C(c1ccc(O)cc1)c1ccc(O)cc1. The third-order valence-corrected chi connectivity index (χ3v) is 6.01. The zero-order valence-electron chi connectivity index (χ0n) is 18.6. The maximum atomic E-state index is 13.2. The molecule has 0 saturated carbocycles. The van der Waals surface area contributed by atoms with Gasteiger partial charge in [0.15, 0.2) is 0 Å². The molecule has 1 aliphatic rings. The van der Waals surface area contributed by atoms with Crippen molar-refractivity contribution in [2.24, 2.45) is 0 Å². The highest BCUT2D eigenvalue weighted by molar-refractivity contribution is 5.96. The zero-order chi connectivity index (χ0) is 23.0. The first-order valence-corrected chi connectivity index (χ1v) is 11.4. The topological polar surface area (TPSA) is 82.0 Å². The van der Waals surface area contributed by atoms with Crippen LogP contribution in [0.1, 0.15) is 39.4 Å². The lowest BCUT2D eigenvalue weighted by molar-refractivity contribution is 0.0374. The highest BCUT2D eigenvalue weighted by Gasteiger charge is 2.22. The maximum absolute atomic E-state index is 13.2. The number of morpholine rings is 1. The maximum Gasteiger partial charge on any atom is 0.251 e. The van der Waals surface area contributed by atoms with E-state index < -0.39 is 0 Å². The third kappa shape index (κ3) is 5.92. The lowest BCUT2D eigenvalue weighted by atomic mass is 9.82. The van der Waals surface area contributed by atoms with E-state index in [1.165, 1.54) is 0 Å². The molecular weight excluding hydrogens is 416 g/mol. The Morgan fingerprint density at radius 3 is 2.06 bits per heavy atom. The van der Waals surface area contributed by atoms with Crippen molar-refractivity contribution >= 4 is 5.91 Å². The summed E-state index contributed by atoms with van der Waals surface area (Å²) in [6.45, 7) is 4.98. The normalized spacial score (nSPS) is 14.3. The Hall–Kier alpha value is -3.35. The molecule has 4 rings (SSSR count). The van der Waals surface area contributed by atoms with Crippen molar-refractivity contribution in [2.75, 3.05) is 39.4 Å². The Labute approximate surface area is 194 Å². The Bertz CT molecular complexity index is 999. The fraction of sp³-hybridized carbons (Fsp3) is 0.296. The summed E-state index contributed by atoms with van der Waals surface area (Å²) >= 11 is 0. The molecular formula is C27H30N2O4. The fourth-order valence-electron chi connectivity index (χ4n) is 4.27. The molecule has 0 aromatic heterocycles. The van der Waals surface area contributed by atoms with Crippen LogP contribution in [-0.2, 0) is 4.74 Å². The second-order valence-electron chi connectivity index (χ2n) is 8.27. The lowest BCUT2D eigenvalue weighted by Gasteiger charge is -2.26. The molecule has 1 fully saturated rings. The zero-order valence-corrected chi connectivity index (χ0v) is 18.6. The summed E-state index contributed by atoms with van der Waals surface area (Å²) < 4.78 is 5.38. The molecule has 3 aromatic rings. The summed E-state index contributed by atoms with van der Waals surface area (Å²) in [6, 6.07) is 21.7. The number of amides is 1. The van der Waals surface area contributed by atoms with Gasteiger partial charge in [0, 0.05) is 31.1 Å². The summed E-state index contributed by atoms with van der Waals surface area (Å²) in [7, 11) is 0. The summed E-state index contributed by atoms with van der Waals surface area (Å²) in [6.07, 6.45) is 0.882. The van der Waals surface area contributed by atoms with Gasteiger partial charge >= 0.3 is 0 Å². The molecule has 0 unspecified atom stereocenters. The number of hydrogen-bond donors (Lipinski definition) is 3. The van der Waals surface area contributed by atoms with E-state index in [2.05, 4.69) is 10.2 Å². The van der Waals surface area contributed by atoms with E-state index in [1.807, 2.05) is 48.5 Å². The lowest BCUT2D eigenvalue weighted by Crippen LogP contribution is -2.38. The molecule has 0 bridgehead atoms. The standard InChI is InChI=1S/C27H30N2O4/c30-22-10-6-20(7-11-22)26(21-8-12-23(31)13-9-21)24-4-1-2-5-25(24)27(32)28-14-3-15-29-16-18-33-19-17-29/h1-2,4-13,26,30-31H,3,14-19H2,(H,28,32). The van der Waals surface area contributed by atoms with Gasteiger partial charge in [0.05, 0.1) is 13.2 Å². The van der Waals surface area contributed by atoms with Crippen LogP contribution >= 0.6 is 0 Å². The molecule has 6 nitrogen and oxygen atoms in total. The second-order valence-corrected chi connectivity index (χ2v) is 8.27. The second kappa shape index (κ2) is 11.0. The first kappa shape index (κ1) is 22.8. The van der Waals surface area contributed by atoms with Crippen LogP contribution in [0.5, 0.6) is 11.5 Å². The van der Waals surface area contributed by atoms with Gasteiger partial charge in [-0.05, 0) is 60.0 Å². The Morgan fingerprint density at radius 1 is 0.879 bits per heavy atom. The molecule has 0 atom stereocenters. The minimum Gasteiger partial charge on any atom is -0.508 e. The number of nitrogens with one attached hydrogen (secondary N) is 1. The molecule has 1 aliphatic heterocycles. The van der Waals surface area contributed by atoms with Crippen LogP contribution in [0.4, 0.5) is 0 Å². The van der Waals surface area contributed by atoms with Crippen molar-refractivity contribution in [1.29, 1.82) is 0 Å². The van der Waals surface area contributed by atoms with Crippen LogP contribution in [0.15, 0.2) is 72.8 Å². The van der Waals surface area contributed by atoms with E-state index in [9.17, 15) is 15.0 Å². The molecule has 1 saturated heterocycles. The molecule has 3 N–H and O–H groups in total. The minimum atomic E-state index is -0.221. The van der Waals surface area contributed by atoms with Gasteiger partial charge in [-0.2, -0.15) is 0 Å². The van der Waals surface area contributed by atoms with Crippen LogP contribution in [0.25, 0.3) is 0 Å². The van der Waals surface area contributed by atoms with Gasteiger partial charge in [-0.3, -0.25) is 9.69 Å². The average Bonchev–Trinajstić information content (AvgIpc) is 2.85. The minimum absolute atomic E-state index is 0.102. The number of hydrogen-bond acceptors (Lipinski definition) is 5. The van der Waals surface area contributed by atoms with E-state index >= 15 is 0 Å². The molecule has 6 heteroatoms. The Kier molecular flexibility index (Phi) is 7.60. The third-order valence-electron chi connectivity index (χ3n) is 6.01. The fourth-order valence-corrected chi connectivity index (χ4v) is 4.27. The molecule has 0 radical (unpaired) electrons. The molecule has 1 amide bonds. The monoisotopic (exact) mass is 446 g/mol. The van der Waals surface area contributed by atoms with Gasteiger partial charge in [0.2, 0.25) is 0 Å². The quantitative estimate of drug-likeness (QED) is 0.363. The largest absolute Gasteiger partial charge is 0.508 e. The van der Waals surface area contributed by atoms with Crippen molar-refractivity contribution in [3.05, 3.63) is 95.1 Å². The molecule has 33 heavy (non-hydrogen) atoms. The predicted octanol–water partition coefficient (Wildman–Crippen LogP) is 3.73. The van der Waals surface area contributed by atoms with Crippen molar-refractivity contribution in [2.45, 2.75) is 12.3 Å². The van der Waals surface area contributed by atoms with Crippen molar-refractivity contribution in [3.8, 4) is 11.5 Å². The van der Waals surface area contributed by atoms with E-state index in [0.29, 0.717) is 12.1 Å². The number of phenolic OH excluding ortho intramolecular Hbond substituents is 2. The van der Waals surface area contributed by atoms with Gasteiger partial charge in [0.1, 0.15) is 11.5 Å². The molecule has 0 aliphatic carbocycles. The van der Waals surface area contributed by atoms with Crippen molar-refractivity contribution < 1.29 is 19.7 Å². The number of carbonyl (C=O) groups is 1. The first-order valence-electron chi connectivity index (χ1n) is 11.4. The van der Waals surface area contributed by atoms with Crippen molar-refractivity contribution in [3.63, 3.8) is 0 Å². The number of rotatable bonds is 8.